The standard InChI is InChI=1S/C20H27N/c1-5-13-21-17(4)20(18-9-7-6-8-10-18)19-12-11-15(2)14-16(19)3/h6-12,14,17,20-21H,5,13H2,1-4H3. The average Bonchev–Trinajstić information content (AvgIpc) is 2.49. The number of hydrogen-bond acceptors (Lipinski definition) is 1. The molecule has 21 heavy (non-hydrogen) atoms. The minimum absolute atomic E-state index is 0.401. The normalized spacial score (nSPS) is 13.9. The predicted molar refractivity (Wildman–Crippen MR) is 92.0 cm³/mol. The van der Waals surface area contributed by atoms with Gasteiger partial charge in [-0.25, -0.2) is 0 Å². The van der Waals surface area contributed by atoms with Gasteiger partial charge in [0.1, 0.15) is 0 Å². The molecule has 2 unspecified atom stereocenters. The maximum absolute atomic E-state index is 3.67. The molecule has 0 bridgehead atoms. The summed E-state index contributed by atoms with van der Waals surface area (Å²) in [7, 11) is 0. The van der Waals surface area contributed by atoms with Crippen LogP contribution in [0.25, 0.3) is 0 Å². The van der Waals surface area contributed by atoms with Crippen molar-refractivity contribution in [3.63, 3.8) is 0 Å². The Bertz CT molecular complexity index is 559. The van der Waals surface area contributed by atoms with Crippen LogP contribution >= 0.6 is 0 Å². The van der Waals surface area contributed by atoms with Crippen molar-refractivity contribution >= 4 is 0 Å². The van der Waals surface area contributed by atoms with Crippen molar-refractivity contribution in [2.75, 3.05) is 6.54 Å². The Morgan fingerprint density at radius 1 is 1.00 bits per heavy atom. The molecule has 1 N–H and O–H groups in total. The molecule has 2 aromatic rings. The molecule has 0 radical (unpaired) electrons. The van der Waals surface area contributed by atoms with Gasteiger partial charge in [0.2, 0.25) is 0 Å². The highest BCUT2D eigenvalue weighted by atomic mass is 14.9. The van der Waals surface area contributed by atoms with E-state index in [9.17, 15) is 0 Å². The second-order valence-corrected chi connectivity index (χ2v) is 5.99. The monoisotopic (exact) mass is 281 g/mol. The van der Waals surface area contributed by atoms with E-state index in [4.69, 9.17) is 0 Å². The summed E-state index contributed by atoms with van der Waals surface area (Å²) in [6.07, 6.45) is 1.17. The van der Waals surface area contributed by atoms with Gasteiger partial charge in [0.15, 0.2) is 0 Å². The van der Waals surface area contributed by atoms with Gasteiger partial charge in [-0.3, -0.25) is 0 Å². The van der Waals surface area contributed by atoms with Gasteiger partial charge in [0.25, 0.3) is 0 Å². The fourth-order valence-corrected chi connectivity index (χ4v) is 3.06. The topological polar surface area (TPSA) is 12.0 Å². The molecule has 2 rings (SSSR count). The van der Waals surface area contributed by atoms with E-state index in [2.05, 4.69) is 81.5 Å². The Balaban J connectivity index is 2.40. The SMILES string of the molecule is CCCNC(C)C(c1ccccc1)c1ccc(C)cc1C. The van der Waals surface area contributed by atoms with Crippen LogP contribution in [0.3, 0.4) is 0 Å². The van der Waals surface area contributed by atoms with Crippen LogP contribution in [0, 0.1) is 13.8 Å². The molecule has 0 fully saturated rings. The minimum atomic E-state index is 0.401. The fraction of sp³-hybridized carbons (Fsp3) is 0.400. The summed E-state index contributed by atoms with van der Waals surface area (Å²) >= 11 is 0. The summed E-state index contributed by atoms with van der Waals surface area (Å²) in [5.74, 6) is 0.401. The van der Waals surface area contributed by atoms with E-state index < -0.39 is 0 Å². The van der Waals surface area contributed by atoms with Gasteiger partial charge in [0.05, 0.1) is 0 Å². The van der Waals surface area contributed by atoms with Gasteiger partial charge < -0.3 is 5.32 Å². The molecule has 0 saturated carbocycles. The molecule has 0 aliphatic heterocycles. The predicted octanol–water partition coefficient (Wildman–Crippen LogP) is 4.82. The van der Waals surface area contributed by atoms with Gasteiger partial charge in [-0.05, 0) is 50.4 Å². The van der Waals surface area contributed by atoms with E-state index >= 15 is 0 Å². The van der Waals surface area contributed by atoms with Crippen LogP contribution in [0.5, 0.6) is 0 Å². The summed E-state index contributed by atoms with van der Waals surface area (Å²) in [6.45, 7) is 9.97. The molecule has 0 aliphatic carbocycles. The van der Waals surface area contributed by atoms with Crippen molar-refractivity contribution in [2.24, 2.45) is 0 Å². The number of hydrogen-bond donors (Lipinski definition) is 1. The maximum Gasteiger partial charge on any atom is 0.0243 e. The van der Waals surface area contributed by atoms with Crippen LogP contribution in [0.15, 0.2) is 48.5 Å². The van der Waals surface area contributed by atoms with Crippen LogP contribution in [-0.2, 0) is 0 Å². The highest BCUT2D eigenvalue weighted by Crippen LogP contribution is 2.30. The Morgan fingerprint density at radius 3 is 2.33 bits per heavy atom. The first-order valence-electron chi connectivity index (χ1n) is 7.99. The Kier molecular flexibility index (Phi) is 5.58. The van der Waals surface area contributed by atoms with E-state index in [1.165, 1.54) is 28.7 Å². The molecule has 0 heterocycles. The fourth-order valence-electron chi connectivity index (χ4n) is 3.06. The summed E-state index contributed by atoms with van der Waals surface area (Å²) < 4.78 is 0. The largest absolute Gasteiger partial charge is 0.313 e. The number of benzene rings is 2. The number of nitrogens with one attached hydrogen (secondary N) is 1. The first-order chi connectivity index (χ1) is 10.1. The minimum Gasteiger partial charge on any atom is -0.313 e. The lowest BCUT2D eigenvalue weighted by molar-refractivity contribution is 0.498. The third-order valence-corrected chi connectivity index (χ3v) is 4.14. The van der Waals surface area contributed by atoms with Gasteiger partial charge in [-0.1, -0.05) is 61.0 Å². The second kappa shape index (κ2) is 7.42. The van der Waals surface area contributed by atoms with Crippen molar-refractivity contribution in [2.45, 2.75) is 46.1 Å². The Morgan fingerprint density at radius 2 is 1.71 bits per heavy atom. The summed E-state index contributed by atoms with van der Waals surface area (Å²) in [6, 6.07) is 18.1. The molecule has 1 heteroatoms. The summed E-state index contributed by atoms with van der Waals surface area (Å²) in [5.41, 5.74) is 5.54. The first kappa shape index (κ1) is 15.8. The van der Waals surface area contributed by atoms with Crippen LogP contribution < -0.4 is 5.32 Å². The van der Waals surface area contributed by atoms with E-state index in [0.29, 0.717) is 12.0 Å². The highest BCUT2D eigenvalue weighted by Gasteiger charge is 2.22. The first-order valence-corrected chi connectivity index (χ1v) is 7.99. The van der Waals surface area contributed by atoms with Crippen molar-refractivity contribution in [3.8, 4) is 0 Å². The van der Waals surface area contributed by atoms with E-state index in [0.717, 1.165) is 6.54 Å². The molecule has 2 atom stereocenters. The Labute approximate surface area is 129 Å². The average molecular weight is 281 g/mol. The summed E-state index contributed by atoms with van der Waals surface area (Å²) in [4.78, 5) is 0. The Hall–Kier alpha value is -1.60. The quantitative estimate of drug-likeness (QED) is 0.800. The number of aryl methyl sites for hydroxylation is 2. The maximum atomic E-state index is 3.67. The molecule has 0 amide bonds. The lowest BCUT2D eigenvalue weighted by atomic mass is 9.83. The van der Waals surface area contributed by atoms with Gasteiger partial charge in [-0.2, -0.15) is 0 Å². The third-order valence-electron chi connectivity index (χ3n) is 4.14. The molecular formula is C20H27N. The molecule has 0 aromatic heterocycles. The van der Waals surface area contributed by atoms with E-state index in [1.54, 1.807) is 0 Å². The zero-order valence-electron chi connectivity index (χ0n) is 13.7. The second-order valence-electron chi connectivity index (χ2n) is 5.99. The lowest BCUT2D eigenvalue weighted by Gasteiger charge is -2.27. The highest BCUT2D eigenvalue weighted by molar-refractivity contribution is 5.40. The molecule has 0 saturated heterocycles. The molecular weight excluding hydrogens is 254 g/mol. The van der Waals surface area contributed by atoms with E-state index in [-0.39, 0.29) is 0 Å². The smallest absolute Gasteiger partial charge is 0.0243 e. The van der Waals surface area contributed by atoms with Crippen molar-refractivity contribution in [1.29, 1.82) is 0 Å². The van der Waals surface area contributed by atoms with Crippen LogP contribution in [0.4, 0.5) is 0 Å². The van der Waals surface area contributed by atoms with Crippen molar-refractivity contribution in [1.82, 2.24) is 5.32 Å². The van der Waals surface area contributed by atoms with Crippen molar-refractivity contribution in [3.05, 3.63) is 70.8 Å². The van der Waals surface area contributed by atoms with E-state index in [1.807, 2.05) is 0 Å². The molecule has 112 valence electrons. The van der Waals surface area contributed by atoms with Gasteiger partial charge >= 0.3 is 0 Å². The summed E-state index contributed by atoms with van der Waals surface area (Å²) in [5, 5.41) is 3.67. The zero-order chi connectivity index (χ0) is 15.2. The third kappa shape index (κ3) is 3.95. The number of rotatable bonds is 6. The van der Waals surface area contributed by atoms with Crippen LogP contribution in [-0.4, -0.2) is 12.6 Å². The molecule has 0 aliphatic rings. The molecule has 2 aromatic carbocycles. The molecule has 1 nitrogen and oxygen atoms in total. The van der Waals surface area contributed by atoms with Crippen molar-refractivity contribution < 1.29 is 0 Å². The van der Waals surface area contributed by atoms with Crippen LogP contribution in [0.1, 0.15) is 48.4 Å². The zero-order valence-corrected chi connectivity index (χ0v) is 13.7. The van der Waals surface area contributed by atoms with Crippen LogP contribution in [0.2, 0.25) is 0 Å². The molecule has 0 spiro atoms. The lowest BCUT2D eigenvalue weighted by Crippen LogP contribution is -2.33. The van der Waals surface area contributed by atoms with Gasteiger partial charge in [0, 0.05) is 12.0 Å². The van der Waals surface area contributed by atoms with Gasteiger partial charge in [-0.15, -0.1) is 0 Å².